The number of nitrogens with zero attached hydrogens (tertiary/aromatic N) is 4. The summed E-state index contributed by atoms with van der Waals surface area (Å²) in [5.74, 6) is 1.60. The second-order valence-electron chi connectivity index (χ2n) is 8.43. The number of nitrogens with one attached hydrogen (secondary N) is 2. The predicted molar refractivity (Wildman–Crippen MR) is 135 cm³/mol. The van der Waals surface area contributed by atoms with Gasteiger partial charge in [0, 0.05) is 26.3 Å². The molecule has 2 heterocycles. The van der Waals surface area contributed by atoms with Crippen LogP contribution in [0.1, 0.15) is 32.9 Å². The molecule has 0 bridgehead atoms. The Morgan fingerprint density at radius 3 is 2.59 bits per heavy atom. The van der Waals surface area contributed by atoms with E-state index < -0.39 is 5.60 Å². The van der Waals surface area contributed by atoms with Gasteiger partial charge in [-0.3, -0.25) is 4.99 Å². The average molecular weight is 556 g/mol. The molecule has 0 radical (unpaired) electrons. The number of amides is 1. The van der Waals surface area contributed by atoms with Crippen LogP contribution in [0.4, 0.5) is 4.79 Å². The van der Waals surface area contributed by atoms with Gasteiger partial charge < -0.3 is 25.0 Å². The molecule has 10 heteroatoms. The minimum absolute atomic E-state index is 0. The molecule has 1 atom stereocenters. The van der Waals surface area contributed by atoms with Gasteiger partial charge in [0.1, 0.15) is 11.4 Å². The fourth-order valence-electron chi connectivity index (χ4n) is 3.38. The van der Waals surface area contributed by atoms with Gasteiger partial charge in [-0.1, -0.05) is 0 Å². The topological polar surface area (TPSA) is 93.0 Å². The summed E-state index contributed by atoms with van der Waals surface area (Å²) in [5.41, 5.74) is 1.36. The Morgan fingerprint density at radius 1 is 1.25 bits per heavy atom. The third-order valence-corrected chi connectivity index (χ3v) is 4.83. The van der Waals surface area contributed by atoms with Crippen LogP contribution in [-0.2, 0) is 11.3 Å². The molecule has 9 nitrogen and oxygen atoms in total. The van der Waals surface area contributed by atoms with E-state index in [2.05, 4.69) is 25.6 Å². The van der Waals surface area contributed by atoms with Gasteiger partial charge in [0.2, 0.25) is 0 Å². The van der Waals surface area contributed by atoms with Gasteiger partial charge in [-0.05, 0) is 57.5 Å². The minimum atomic E-state index is -0.505. The van der Waals surface area contributed by atoms with Gasteiger partial charge in [0.05, 0.1) is 31.1 Å². The lowest BCUT2D eigenvalue weighted by Gasteiger charge is -2.23. The summed E-state index contributed by atoms with van der Waals surface area (Å²) >= 11 is 0. The molecule has 1 aromatic heterocycles. The molecule has 2 N–H and O–H groups in total. The highest BCUT2D eigenvalue weighted by Gasteiger charge is 2.27. The first-order valence-corrected chi connectivity index (χ1v) is 10.4. The number of rotatable bonds is 5. The fourth-order valence-corrected chi connectivity index (χ4v) is 3.38. The molecule has 1 aliphatic heterocycles. The van der Waals surface area contributed by atoms with Crippen LogP contribution in [0.25, 0.3) is 5.69 Å². The van der Waals surface area contributed by atoms with E-state index in [4.69, 9.17) is 9.47 Å². The van der Waals surface area contributed by atoms with Crippen LogP contribution in [-0.4, -0.2) is 65.6 Å². The van der Waals surface area contributed by atoms with E-state index in [0.717, 1.165) is 36.1 Å². The van der Waals surface area contributed by atoms with E-state index in [9.17, 15) is 4.79 Å². The lowest BCUT2D eigenvalue weighted by molar-refractivity contribution is 0.0507. The van der Waals surface area contributed by atoms with Crippen molar-refractivity contribution >= 4 is 36.0 Å². The Kier molecular flexibility index (Phi) is 9.17. The molecule has 32 heavy (non-hydrogen) atoms. The van der Waals surface area contributed by atoms with Gasteiger partial charge in [0.25, 0.3) is 0 Å². The standard InChI is InChI=1S/C22H32N6O3.HI/c1-22(2,3)31-21(29)25-17-10-12-27(15-17)20(23-4)24-14-16-11-13-28(26-16)18-6-8-19(30-5)9-7-18;/h6-9,11,13,17H,10,12,14-15H2,1-5H3,(H,23,24)(H,25,29);1H. The molecule has 1 aromatic carbocycles. The molecule has 1 saturated heterocycles. The second kappa shape index (κ2) is 11.4. The Hall–Kier alpha value is -2.50. The fraction of sp³-hybridized carbons (Fsp3) is 0.500. The minimum Gasteiger partial charge on any atom is -0.497 e. The van der Waals surface area contributed by atoms with Crippen molar-refractivity contribution in [3.8, 4) is 11.4 Å². The van der Waals surface area contributed by atoms with E-state index >= 15 is 0 Å². The van der Waals surface area contributed by atoms with Crippen molar-refractivity contribution in [2.24, 2.45) is 4.99 Å². The number of methoxy groups -OCH3 is 1. The molecule has 0 saturated carbocycles. The van der Waals surface area contributed by atoms with Crippen molar-refractivity contribution < 1.29 is 14.3 Å². The molecular formula is C22H33IN6O3. The van der Waals surface area contributed by atoms with Crippen molar-refractivity contribution in [3.05, 3.63) is 42.2 Å². The third-order valence-electron chi connectivity index (χ3n) is 4.83. The molecule has 1 unspecified atom stereocenters. The van der Waals surface area contributed by atoms with Crippen molar-refractivity contribution in [1.82, 2.24) is 25.3 Å². The van der Waals surface area contributed by atoms with Crippen molar-refractivity contribution in [2.75, 3.05) is 27.2 Å². The first-order valence-electron chi connectivity index (χ1n) is 10.4. The maximum Gasteiger partial charge on any atom is 0.407 e. The Labute approximate surface area is 206 Å². The molecule has 2 aromatic rings. The number of halogens is 1. The number of likely N-dealkylation sites (tertiary alicyclic amines) is 1. The Morgan fingerprint density at radius 2 is 1.97 bits per heavy atom. The summed E-state index contributed by atoms with van der Waals surface area (Å²) in [6, 6.07) is 9.75. The van der Waals surface area contributed by atoms with Crippen LogP contribution in [0.15, 0.2) is 41.5 Å². The van der Waals surface area contributed by atoms with Crippen molar-refractivity contribution in [3.63, 3.8) is 0 Å². The van der Waals surface area contributed by atoms with Gasteiger partial charge >= 0.3 is 6.09 Å². The molecule has 1 fully saturated rings. The number of hydrogen-bond donors (Lipinski definition) is 2. The van der Waals surface area contributed by atoms with Gasteiger partial charge in [-0.15, -0.1) is 24.0 Å². The number of benzene rings is 1. The number of alkyl carbamates (subject to hydrolysis) is 1. The van der Waals surface area contributed by atoms with E-state index in [-0.39, 0.29) is 36.1 Å². The normalized spacial score (nSPS) is 16.3. The van der Waals surface area contributed by atoms with Crippen LogP contribution in [0, 0.1) is 0 Å². The zero-order valence-corrected chi connectivity index (χ0v) is 21.6. The van der Waals surface area contributed by atoms with Gasteiger partial charge in [-0.2, -0.15) is 5.10 Å². The predicted octanol–water partition coefficient (Wildman–Crippen LogP) is 3.17. The first-order chi connectivity index (χ1) is 14.8. The smallest absolute Gasteiger partial charge is 0.407 e. The zero-order chi connectivity index (χ0) is 22.4. The molecule has 176 valence electrons. The maximum absolute atomic E-state index is 12.0. The number of aromatic nitrogens is 2. The third kappa shape index (κ3) is 7.28. The number of carbonyl (C=O) groups is 1. The molecule has 0 aliphatic carbocycles. The van der Waals surface area contributed by atoms with E-state index in [1.54, 1.807) is 14.2 Å². The quantitative estimate of drug-likeness (QED) is 0.334. The summed E-state index contributed by atoms with van der Waals surface area (Å²) in [4.78, 5) is 18.5. The highest BCUT2D eigenvalue weighted by atomic mass is 127. The number of aliphatic imine (C=N–C) groups is 1. The Balaban J connectivity index is 0.00000363. The summed E-state index contributed by atoms with van der Waals surface area (Å²) in [5, 5.41) is 10.9. The average Bonchev–Trinajstić information content (AvgIpc) is 3.37. The van der Waals surface area contributed by atoms with Crippen LogP contribution in [0.3, 0.4) is 0 Å². The number of guanidine groups is 1. The number of ether oxygens (including phenoxy) is 2. The summed E-state index contributed by atoms with van der Waals surface area (Å²) in [6.45, 7) is 7.61. The molecular weight excluding hydrogens is 523 g/mol. The highest BCUT2D eigenvalue weighted by molar-refractivity contribution is 14.0. The van der Waals surface area contributed by atoms with Crippen LogP contribution >= 0.6 is 24.0 Å². The molecule has 0 spiro atoms. The van der Waals surface area contributed by atoms with Gasteiger partial charge in [0.15, 0.2) is 5.96 Å². The molecule has 1 amide bonds. The summed E-state index contributed by atoms with van der Waals surface area (Å²) in [7, 11) is 3.41. The van der Waals surface area contributed by atoms with E-state index in [1.165, 1.54) is 0 Å². The first kappa shape index (κ1) is 25.8. The summed E-state index contributed by atoms with van der Waals surface area (Å²) in [6.07, 6.45) is 2.39. The van der Waals surface area contributed by atoms with Crippen LogP contribution in [0.5, 0.6) is 5.75 Å². The lowest BCUT2D eigenvalue weighted by atomic mass is 10.2. The number of hydrogen-bond acceptors (Lipinski definition) is 5. The maximum atomic E-state index is 12.0. The monoisotopic (exact) mass is 556 g/mol. The van der Waals surface area contributed by atoms with Crippen molar-refractivity contribution in [2.45, 2.75) is 45.4 Å². The van der Waals surface area contributed by atoms with Gasteiger partial charge in [-0.25, -0.2) is 9.48 Å². The molecule has 3 rings (SSSR count). The number of carbonyl (C=O) groups excluding carboxylic acids is 1. The summed E-state index contributed by atoms with van der Waals surface area (Å²) < 4.78 is 12.4. The van der Waals surface area contributed by atoms with Crippen LogP contribution < -0.4 is 15.4 Å². The lowest BCUT2D eigenvalue weighted by Crippen LogP contribution is -2.44. The second-order valence-corrected chi connectivity index (χ2v) is 8.43. The SMILES string of the molecule is CN=C(NCc1ccn(-c2ccc(OC)cc2)n1)N1CCC(NC(=O)OC(C)(C)C)C1.I. The zero-order valence-electron chi connectivity index (χ0n) is 19.3. The van der Waals surface area contributed by atoms with E-state index in [1.807, 2.05) is 62.0 Å². The molecule has 1 aliphatic rings. The highest BCUT2D eigenvalue weighted by Crippen LogP contribution is 2.15. The van der Waals surface area contributed by atoms with Crippen LogP contribution in [0.2, 0.25) is 0 Å². The van der Waals surface area contributed by atoms with Crippen molar-refractivity contribution in [1.29, 1.82) is 0 Å². The largest absolute Gasteiger partial charge is 0.497 e. The van der Waals surface area contributed by atoms with E-state index in [0.29, 0.717) is 13.1 Å². The Bertz CT molecular complexity index is 907.